The second-order valence-electron chi connectivity index (χ2n) is 9.47. The van der Waals surface area contributed by atoms with Gasteiger partial charge < -0.3 is 14.8 Å². The van der Waals surface area contributed by atoms with E-state index in [0.29, 0.717) is 19.6 Å². The highest BCUT2D eigenvalue weighted by atomic mass is 19.4. The molecule has 1 amide bonds. The highest BCUT2D eigenvalue weighted by molar-refractivity contribution is 5.92. The number of hydrogen-bond donors (Lipinski definition) is 1. The normalized spacial score (nSPS) is 18.2. The minimum atomic E-state index is -4.59. The lowest BCUT2D eigenvalue weighted by Gasteiger charge is -2.34. The Morgan fingerprint density at radius 3 is 2.61 bits per heavy atom. The van der Waals surface area contributed by atoms with Crippen molar-refractivity contribution in [2.45, 2.75) is 71.3 Å². The number of ether oxygens (including phenoxy) is 2. The third kappa shape index (κ3) is 6.76. The van der Waals surface area contributed by atoms with Crippen molar-refractivity contribution < 1.29 is 27.4 Å². The van der Waals surface area contributed by atoms with Gasteiger partial charge in [-0.1, -0.05) is 12.1 Å². The van der Waals surface area contributed by atoms with Crippen molar-refractivity contribution in [2.75, 3.05) is 26.9 Å². The molecule has 9 heteroatoms. The van der Waals surface area contributed by atoms with Gasteiger partial charge in [-0.05, 0) is 88.4 Å². The molecule has 1 fully saturated rings. The number of amides is 1. The molecule has 1 aliphatic rings. The van der Waals surface area contributed by atoms with Gasteiger partial charge in [-0.15, -0.1) is 0 Å². The monoisotopic (exact) mass is 507 g/mol. The lowest BCUT2D eigenvalue weighted by Crippen LogP contribution is -2.40. The Balaban J connectivity index is 1.65. The van der Waals surface area contributed by atoms with Gasteiger partial charge >= 0.3 is 6.18 Å². The highest BCUT2D eigenvalue weighted by Gasteiger charge is 2.34. The summed E-state index contributed by atoms with van der Waals surface area (Å²) in [5, 5.41) is 2.83. The zero-order chi connectivity index (χ0) is 26.5. The Hall–Kier alpha value is -2.65. The van der Waals surface area contributed by atoms with Crippen molar-refractivity contribution in [1.82, 2.24) is 15.2 Å². The molecule has 1 aromatic carbocycles. The van der Waals surface area contributed by atoms with Crippen LogP contribution in [0, 0.1) is 13.8 Å². The Morgan fingerprint density at radius 2 is 1.92 bits per heavy atom. The number of carbonyl (C=O) groups is 1. The van der Waals surface area contributed by atoms with Crippen molar-refractivity contribution >= 4 is 5.91 Å². The number of methoxy groups -OCH3 is 1. The van der Waals surface area contributed by atoms with Crippen LogP contribution in [0.5, 0.6) is 5.75 Å². The van der Waals surface area contributed by atoms with Crippen LogP contribution in [0.15, 0.2) is 30.3 Å². The number of alkyl halides is 3. The number of likely N-dealkylation sites (tertiary alicyclic amines) is 1. The first kappa shape index (κ1) is 27.9. The summed E-state index contributed by atoms with van der Waals surface area (Å²) in [5.74, 6) is 0.264. The van der Waals surface area contributed by atoms with E-state index in [0.717, 1.165) is 36.8 Å². The van der Waals surface area contributed by atoms with Crippen molar-refractivity contribution in [3.8, 4) is 5.75 Å². The molecule has 1 aromatic heterocycles. The number of halogens is 3. The Bertz CT molecular complexity index is 1040. The molecule has 3 unspecified atom stereocenters. The molecule has 36 heavy (non-hydrogen) atoms. The fraction of sp³-hybridized carbons (Fsp3) is 0.556. The molecule has 198 valence electrons. The van der Waals surface area contributed by atoms with Crippen molar-refractivity contribution in [3.05, 3.63) is 58.4 Å². The fourth-order valence-corrected chi connectivity index (χ4v) is 4.94. The maximum atomic E-state index is 13.0. The summed E-state index contributed by atoms with van der Waals surface area (Å²) in [6.45, 7) is 10.2. The molecule has 0 aliphatic carbocycles. The molecule has 2 aromatic rings. The predicted octanol–water partition coefficient (Wildman–Crippen LogP) is 5.48. The molecule has 0 radical (unpaired) electrons. The number of pyridine rings is 1. The van der Waals surface area contributed by atoms with Gasteiger partial charge in [0.15, 0.2) is 0 Å². The second kappa shape index (κ2) is 12.1. The maximum absolute atomic E-state index is 13.0. The molecule has 3 rings (SSSR count). The molecule has 3 atom stereocenters. The minimum absolute atomic E-state index is 0.178. The third-order valence-corrected chi connectivity index (χ3v) is 6.97. The van der Waals surface area contributed by atoms with Crippen LogP contribution in [0.4, 0.5) is 13.2 Å². The van der Waals surface area contributed by atoms with Gasteiger partial charge in [-0.2, -0.15) is 13.2 Å². The first-order chi connectivity index (χ1) is 17.0. The first-order valence-electron chi connectivity index (χ1n) is 12.4. The van der Waals surface area contributed by atoms with E-state index in [9.17, 15) is 18.0 Å². The van der Waals surface area contributed by atoms with E-state index in [2.05, 4.69) is 42.0 Å². The molecular weight excluding hydrogens is 471 g/mol. The summed E-state index contributed by atoms with van der Waals surface area (Å²) >= 11 is 0. The molecular formula is C27H36F3N3O3. The molecule has 0 spiro atoms. The standard InChI is InChI=1S/C27H36F3N3O3/c1-17(31-26(34)23-9-6-10-25(32-23)27(28,29)30)16-21-8-7-13-33(21)20(4)22-11-12-24(19(3)18(22)2)36-15-14-35-5/h6,9-12,17,20-21H,7-8,13-16H2,1-5H3,(H,31,34). The minimum Gasteiger partial charge on any atom is -0.491 e. The van der Waals surface area contributed by atoms with Gasteiger partial charge in [-0.3, -0.25) is 9.69 Å². The number of aromatic nitrogens is 1. The summed E-state index contributed by atoms with van der Waals surface area (Å²) in [6.07, 6.45) is -1.83. The molecule has 1 saturated heterocycles. The van der Waals surface area contributed by atoms with E-state index in [1.165, 1.54) is 23.3 Å². The Morgan fingerprint density at radius 1 is 1.17 bits per heavy atom. The topological polar surface area (TPSA) is 63.7 Å². The van der Waals surface area contributed by atoms with Gasteiger partial charge in [0, 0.05) is 25.2 Å². The van der Waals surface area contributed by atoms with Crippen LogP contribution in [0.25, 0.3) is 0 Å². The van der Waals surface area contributed by atoms with Gasteiger partial charge in [-0.25, -0.2) is 4.98 Å². The van der Waals surface area contributed by atoms with Gasteiger partial charge in [0.2, 0.25) is 0 Å². The summed E-state index contributed by atoms with van der Waals surface area (Å²) in [5.41, 5.74) is 2.25. The first-order valence-corrected chi connectivity index (χ1v) is 12.4. The number of hydrogen-bond acceptors (Lipinski definition) is 5. The van der Waals surface area contributed by atoms with Crippen LogP contribution < -0.4 is 10.1 Å². The Kier molecular flexibility index (Phi) is 9.35. The number of nitrogens with zero attached hydrogens (tertiary/aromatic N) is 2. The smallest absolute Gasteiger partial charge is 0.433 e. The number of nitrogens with one attached hydrogen (secondary N) is 1. The summed E-state index contributed by atoms with van der Waals surface area (Å²) in [7, 11) is 1.65. The van der Waals surface area contributed by atoms with E-state index >= 15 is 0 Å². The summed E-state index contributed by atoms with van der Waals surface area (Å²) < 4.78 is 49.8. The largest absolute Gasteiger partial charge is 0.491 e. The van der Waals surface area contributed by atoms with Gasteiger partial charge in [0.25, 0.3) is 5.91 Å². The summed E-state index contributed by atoms with van der Waals surface area (Å²) in [6, 6.07) is 7.71. The van der Waals surface area contributed by atoms with E-state index in [-0.39, 0.29) is 23.8 Å². The van der Waals surface area contributed by atoms with E-state index in [4.69, 9.17) is 9.47 Å². The van der Waals surface area contributed by atoms with E-state index in [1.54, 1.807) is 7.11 Å². The molecule has 0 saturated carbocycles. The van der Waals surface area contributed by atoms with Crippen LogP contribution >= 0.6 is 0 Å². The number of benzene rings is 1. The SMILES string of the molecule is COCCOc1ccc(C(C)N2CCCC2CC(C)NC(=O)c2cccc(C(F)(F)F)n2)c(C)c1C. The quantitative estimate of drug-likeness (QED) is 0.432. The number of rotatable bonds is 10. The predicted molar refractivity (Wildman–Crippen MR) is 132 cm³/mol. The van der Waals surface area contributed by atoms with Crippen LogP contribution in [-0.2, 0) is 10.9 Å². The van der Waals surface area contributed by atoms with Crippen molar-refractivity contribution in [2.24, 2.45) is 0 Å². The molecule has 0 bridgehead atoms. The average Bonchev–Trinajstić information content (AvgIpc) is 3.29. The van der Waals surface area contributed by atoms with E-state index < -0.39 is 17.8 Å². The molecule has 1 aliphatic heterocycles. The number of carbonyl (C=O) groups excluding carboxylic acids is 1. The zero-order valence-electron chi connectivity index (χ0n) is 21.6. The average molecular weight is 508 g/mol. The lowest BCUT2D eigenvalue weighted by molar-refractivity contribution is -0.141. The molecule has 6 nitrogen and oxygen atoms in total. The Labute approximate surface area is 211 Å². The molecule has 1 N–H and O–H groups in total. The fourth-order valence-electron chi connectivity index (χ4n) is 4.94. The van der Waals surface area contributed by atoms with Crippen molar-refractivity contribution in [1.29, 1.82) is 0 Å². The van der Waals surface area contributed by atoms with Gasteiger partial charge in [0.05, 0.1) is 6.61 Å². The van der Waals surface area contributed by atoms with Crippen molar-refractivity contribution in [3.63, 3.8) is 0 Å². The van der Waals surface area contributed by atoms with Crippen LogP contribution in [0.2, 0.25) is 0 Å². The highest BCUT2D eigenvalue weighted by Crippen LogP contribution is 2.35. The van der Waals surface area contributed by atoms with Crippen LogP contribution in [0.3, 0.4) is 0 Å². The zero-order valence-corrected chi connectivity index (χ0v) is 21.6. The van der Waals surface area contributed by atoms with Crippen LogP contribution in [0.1, 0.15) is 72.0 Å². The summed E-state index contributed by atoms with van der Waals surface area (Å²) in [4.78, 5) is 18.5. The molecule has 2 heterocycles. The van der Waals surface area contributed by atoms with Crippen LogP contribution in [-0.4, -0.2) is 54.7 Å². The lowest BCUT2D eigenvalue weighted by atomic mass is 9.95. The third-order valence-electron chi connectivity index (χ3n) is 6.97. The van der Waals surface area contributed by atoms with E-state index in [1.807, 2.05) is 13.0 Å². The maximum Gasteiger partial charge on any atom is 0.433 e. The second-order valence-corrected chi connectivity index (χ2v) is 9.47. The van der Waals surface area contributed by atoms with Gasteiger partial charge in [0.1, 0.15) is 23.7 Å².